The van der Waals surface area contributed by atoms with Crippen molar-refractivity contribution in [3.63, 3.8) is 0 Å². The molecule has 2 aromatic rings. The van der Waals surface area contributed by atoms with E-state index in [0.717, 1.165) is 24.9 Å². The standard InChI is InChI=1S/C17H23N5O2/c1-22(10-6-14-4-8-18-9-5-14)16(23)15-12-20-17(21-13-15)19-7-3-11-24-2/h4-5,8-9,12-13H,3,6-7,10-11H2,1-2H3,(H,19,20,21). The fourth-order valence-corrected chi connectivity index (χ4v) is 2.11. The lowest BCUT2D eigenvalue weighted by molar-refractivity contribution is 0.0796. The summed E-state index contributed by atoms with van der Waals surface area (Å²) in [7, 11) is 3.45. The van der Waals surface area contributed by atoms with E-state index in [9.17, 15) is 4.79 Å². The van der Waals surface area contributed by atoms with Crippen LogP contribution in [-0.4, -0.2) is 59.6 Å². The van der Waals surface area contributed by atoms with E-state index in [1.54, 1.807) is 43.8 Å². The Morgan fingerprint density at radius 2 is 1.96 bits per heavy atom. The van der Waals surface area contributed by atoms with Crippen LogP contribution in [0.25, 0.3) is 0 Å². The number of amides is 1. The molecule has 0 aliphatic heterocycles. The zero-order chi connectivity index (χ0) is 17.2. The molecule has 1 amide bonds. The number of nitrogens with zero attached hydrogens (tertiary/aromatic N) is 4. The minimum Gasteiger partial charge on any atom is -0.385 e. The Labute approximate surface area is 142 Å². The summed E-state index contributed by atoms with van der Waals surface area (Å²) in [6.45, 7) is 2.04. The lowest BCUT2D eigenvalue weighted by Crippen LogP contribution is -2.29. The Kier molecular flexibility index (Phi) is 7.10. The van der Waals surface area contributed by atoms with Gasteiger partial charge < -0.3 is 15.0 Å². The van der Waals surface area contributed by atoms with Crippen molar-refractivity contribution in [3.8, 4) is 0 Å². The number of nitrogens with one attached hydrogen (secondary N) is 1. The zero-order valence-corrected chi connectivity index (χ0v) is 14.1. The molecule has 0 atom stereocenters. The van der Waals surface area contributed by atoms with Crippen LogP contribution in [0.4, 0.5) is 5.95 Å². The highest BCUT2D eigenvalue weighted by Crippen LogP contribution is 2.06. The summed E-state index contributed by atoms with van der Waals surface area (Å²) >= 11 is 0. The number of ether oxygens (including phenoxy) is 1. The molecular weight excluding hydrogens is 306 g/mol. The second-order valence-corrected chi connectivity index (χ2v) is 5.40. The summed E-state index contributed by atoms with van der Waals surface area (Å²) < 4.78 is 4.98. The molecular formula is C17H23N5O2. The van der Waals surface area contributed by atoms with Crippen molar-refractivity contribution in [2.45, 2.75) is 12.8 Å². The van der Waals surface area contributed by atoms with E-state index < -0.39 is 0 Å². The van der Waals surface area contributed by atoms with Crippen LogP contribution in [0.2, 0.25) is 0 Å². The first-order valence-corrected chi connectivity index (χ1v) is 7.90. The van der Waals surface area contributed by atoms with Gasteiger partial charge in [0.15, 0.2) is 0 Å². The van der Waals surface area contributed by atoms with E-state index in [4.69, 9.17) is 4.74 Å². The van der Waals surface area contributed by atoms with E-state index >= 15 is 0 Å². The van der Waals surface area contributed by atoms with Crippen LogP contribution >= 0.6 is 0 Å². The van der Waals surface area contributed by atoms with Gasteiger partial charge in [-0.25, -0.2) is 9.97 Å². The van der Waals surface area contributed by atoms with Crippen molar-refractivity contribution in [2.75, 3.05) is 39.2 Å². The number of carbonyl (C=O) groups is 1. The van der Waals surface area contributed by atoms with Gasteiger partial charge in [0, 0.05) is 58.6 Å². The molecule has 0 bridgehead atoms. The van der Waals surface area contributed by atoms with Gasteiger partial charge in [-0.1, -0.05) is 0 Å². The summed E-state index contributed by atoms with van der Waals surface area (Å²) in [6, 6.07) is 3.90. The molecule has 7 heteroatoms. The number of pyridine rings is 1. The number of hydrogen-bond acceptors (Lipinski definition) is 6. The van der Waals surface area contributed by atoms with E-state index in [2.05, 4.69) is 20.3 Å². The fourth-order valence-electron chi connectivity index (χ4n) is 2.11. The predicted octanol–water partition coefficient (Wildman–Crippen LogP) is 1.63. The average molecular weight is 329 g/mol. The van der Waals surface area contributed by atoms with Gasteiger partial charge in [0.1, 0.15) is 0 Å². The van der Waals surface area contributed by atoms with Gasteiger partial charge in [-0.2, -0.15) is 0 Å². The maximum atomic E-state index is 12.4. The third kappa shape index (κ3) is 5.58. The molecule has 0 unspecified atom stereocenters. The molecule has 128 valence electrons. The maximum absolute atomic E-state index is 12.4. The summed E-state index contributed by atoms with van der Waals surface area (Å²) in [6.07, 6.45) is 8.27. The number of rotatable bonds is 9. The highest BCUT2D eigenvalue weighted by Gasteiger charge is 2.12. The lowest BCUT2D eigenvalue weighted by atomic mass is 10.2. The molecule has 1 N–H and O–H groups in total. The SMILES string of the molecule is COCCCNc1ncc(C(=O)N(C)CCc2ccncc2)cn1. The third-order valence-electron chi connectivity index (χ3n) is 3.54. The smallest absolute Gasteiger partial charge is 0.256 e. The first kappa shape index (κ1) is 17.8. The molecule has 0 aliphatic rings. The number of likely N-dealkylation sites (N-methyl/N-ethyl adjacent to an activating group) is 1. The molecule has 0 aliphatic carbocycles. The highest BCUT2D eigenvalue weighted by atomic mass is 16.5. The van der Waals surface area contributed by atoms with Crippen molar-refractivity contribution >= 4 is 11.9 Å². The first-order chi connectivity index (χ1) is 11.7. The second-order valence-electron chi connectivity index (χ2n) is 5.40. The number of hydrogen-bond donors (Lipinski definition) is 1. The van der Waals surface area contributed by atoms with Crippen LogP contribution in [0.1, 0.15) is 22.3 Å². The Morgan fingerprint density at radius 1 is 1.25 bits per heavy atom. The van der Waals surface area contributed by atoms with Gasteiger partial charge in [-0.3, -0.25) is 9.78 Å². The predicted molar refractivity (Wildman–Crippen MR) is 91.9 cm³/mol. The minimum absolute atomic E-state index is 0.0880. The molecule has 2 aromatic heterocycles. The van der Waals surface area contributed by atoms with E-state index in [1.807, 2.05) is 12.1 Å². The van der Waals surface area contributed by atoms with Crippen LogP contribution < -0.4 is 5.32 Å². The molecule has 0 aromatic carbocycles. The van der Waals surface area contributed by atoms with Gasteiger partial charge >= 0.3 is 0 Å². The van der Waals surface area contributed by atoms with Crippen molar-refractivity contribution in [1.82, 2.24) is 19.9 Å². The summed E-state index contributed by atoms with van der Waals surface area (Å²) in [4.78, 5) is 26.4. The summed E-state index contributed by atoms with van der Waals surface area (Å²) in [5, 5.41) is 3.09. The average Bonchev–Trinajstić information content (AvgIpc) is 2.64. The summed E-state index contributed by atoms with van der Waals surface area (Å²) in [5.41, 5.74) is 1.63. The Morgan fingerprint density at radius 3 is 2.62 bits per heavy atom. The third-order valence-corrected chi connectivity index (χ3v) is 3.54. The minimum atomic E-state index is -0.0880. The molecule has 24 heavy (non-hydrogen) atoms. The van der Waals surface area contributed by atoms with Gasteiger partial charge in [0.05, 0.1) is 5.56 Å². The number of aromatic nitrogens is 3. The number of anilines is 1. The normalized spacial score (nSPS) is 10.4. The molecule has 0 saturated heterocycles. The van der Waals surface area contributed by atoms with Crippen molar-refractivity contribution in [2.24, 2.45) is 0 Å². The van der Waals surface area contributed by atoms with Crippen molar-refractivity contribution in [1.29, 1.82) is 0 Å². The maximum Gasteiger partial charge on any atom is 0.256 e. The second kappa shape index (κ2) is 9.57. The highest BCUT2D eigenvalue weighted by molar-refractivity contribution is 5.93. The molecule has 7 nitrogen and oxygen atoms in total. The van der Waals surface area contributed by atoms with Crippen LogP contribution in [-0.2, 0) is 11.2 Å². The van der Waals surface area contributed by atoms with Crippen molar-refractivity contribution in [3.05, 3.63) is 48.0 Å². The molecule has 0 radical (unpaired) electrons. The zero-order valence-electron chi connectivity index (χ0n) is 14.1. The van der Waals surface area contributed by atoms with Crippen molar-refractivity contribution < 1.29 is 9.53 Å². The molecule has 2 rings (SSSR count). The first-order valence-electron chi connectivity index (χ1n) is 7.90. The van der Waals surface area contributed by atoms with Crippen LogP contribution in [0.5, 0.6) is 0 Å². The van der Waals surface area contributed by atoms with Gasteiger partial charge in [-0.15, -0.1) is 0 Å². The van der Waals surface area contributed by atoms with E-state index in [-0.39, 0.29) is 5.91 Å². The lowest BCUT2D eigenvalue weighted by Gasteiger charge is -2.17. The van der Waals surface area contributed by atoms with E-state index in [0.29, 0.717) is 24.7 Å². The quantitative estimate of drug-likeness (QED) is 0.705. The number of methoxy groups -OCH3 is 1. The Balaban J connectivity index is 1.82. The molecule has 2 heterocycles. The van der Waals surface area contributed by atoms with Gasteiger partial charge in [0.2, 0.25) is 5.95 Å². The Hall–Kier alpha value is -2.54. The van der Waals surface area contributed by atoms with Gasteiger partial charge in [0.25, 0.3) is 5.91 Å². The Bertz CT molecular complexity index is 619. The molecule has 0 spiro atoms. The molecule has 0 saturated carbocycles. The fraction of sp³-hybridized carbons (Fsp3) is 0.412. The van der Waals surface area contributed by atoms with Gasteiger partial charge in [-0.05, 0) is 30.5 Å². The van der Waals surface area contributed by atoms with Crippen LogP contribution in [0.3, 0.4) is 0 Å². The topological polar surface area (TPSA) is 80.2 Å². The molecule has 0 fully saturated rings. The number of carbonyl (C=O) groups excluding carboxylic acids is 1. The monoisotopic (exact) mass is 329 g/mol. The van der Waals surface area contributed by atoms with Crippen LogP contribution in [0, 0.1) is 0 Å². The summed E-state index contributed by atoms with van der Waals surface area (Å²) in [5.74, 6) is 0.428. The van der Waals surface area contributed by atoms with E-state index in [1.165, 1.54) is 0 Å². The largest absolute Gasteiger partial charge is 0.385 e. The van der Waals surface area contributed by atoms with Crippen LogP contribution in [0.15, 0.2) is 36.9 Å².